The van der Waals surface area contributed by atoms with E-state index in [1.807, 2.05) is 18.7 Å². The van der Waals surface area contributed by atoms with Crippen molar-refractivity contribution >= 4 is 17.7 Å². The van der Waals surface area contributed by atoms with Crippen LogP contribution >= 0.6 is 11.8 Å². The molecule has 0 aromatic carbocycles. The smallest absolute Gasteiger partial charge is 0.322 e. The molecule has 0 amide bonds. The number of rotatable bonds is 3. The Balaban J connectivity index is 2.18. The minimum Gasteiger partial charge on any atom is -0.468 e. The highest BCUT2D eigenvalue weighted by Crippen LogP contribution is 2.17. The summed E-state index contributed by atoms with van der Waals surface area (Å²) in [6.07, 6.45) is 0. The van der Waals surface area contributed by atoms with Crippen molar-refractivity contribution < 1.29 is 9.53 Å². The van der Waals surface area contributed by atoms with Crippen molar-refractivity contribution in [1.82, 2.24) is 5.32 Å². The summed E-state index contributed by atoms with van der Waals surface area (Å²) in [4.78, 5) is 10.9. The van der Waals surface area contributed by atoms with Gasteiger partial charge < -0.3 is 10.1 Å². The molecule has 0 unspecified atom stereocenters. The van der Waals surface area contributed by atoms with Crippen LogP contribution in [0.3, 0.4) is 0 Å². The lowest BCUT2D eigenvalue weighted by Gasteiger charge is -2.28. The fourth-order valence-electron chi connectivity index (χ4n) is 0.930. The molecule has 0 spiro atoms. The molecule has 1 saturated heterocycles. The van der Waals surface area contributed by atoms with E-state index in [1.165, 1.54) is 7.11 Å². The molecule has 1 N–H and O–H groups in total. The Morgan fingerprint density at radius 1 is 1.73 bits per heavy atom. The van der Waals surface area contributed by atoms with Crippen LogP contribution in [0, 0.1) is 0 Å². The Morgan fingerprint density at radius 3 is 2.73 bits per heavy atom. The third-order valence-electron chi connectivity index (χ3n) is 1.68. The van der Waals surface area contributed by atoms with E-state index in [9.17, 15) is 4.79 Å². The van der Waals surface area contributed by atoms with Crippen molar-refractivity contribution in [2.75, 3.05) is 18.6 Å². The fourth-order valence-corrected chi connectivity index (χ4v) is 1.59. The number of hydrogen-bond acceptors (Lipinski definition) is 4. The van der Waals surface area contributed by atoms with Gasteiger partial charge in [0, 0.05) is 17.5 Å². The first kappa shape index (κ1) is 8.87. The van der Waals surface area contributed by atoms with Gasteiger partial charge in [0.05, 0.1) is 7.11 Å². The van der Waals surface area contributed by atoms with E-state index in [4.69, 9.17) is 0 Å². The summed E-state index contributed by atoms with van der Waals surface area (Å²) >= 11 is 1.89. The number of ether oxygens (including phenoxy) is 1. The van der Waals surface area contributed by atoms with E-state index in [-0.39, 0.29) is 12.0 Å². The Morgan fingerprint density at radius 2 is 2.36 bits per heavy atom. The molecular formula is C7H13NO2S. The molecule has 0 saturated carbocycles. The van der Waals surface area contributed by atoms with Crippen LogP contribution in [0.4, 0.5) is 0 Å². The average molecular weight is 175 g/mol. The molecule has 0 aromatic heterocycles. The molecule has 0 radical (unpaired) electrons. The van der Waals surface area contributed by atoms with Gasteiger partial charge in [-0.25, -0.2) is 0 Å². The summed E-state index contributed by atoms with van der Waals surface area (Å²) in [5.41, 5.74) is 0. The molecule has 1 fully saturated rings. The summed E-state index contributed by atoms with van der Waals surface area (Å²) in [6, 6.07) is 0.347. The van der Waals surface area contributed by atoms with Crippen LogP contribution in [0.15, 0.2) is 0 Å². The largest absolute Gasteiger partial charge is 0.468 e. The van der Waals surface area contributed by atoms with Crippen LogP contribution in [0.1, 0.15) is 6.92 Å². The SMILES string of the molecule is COC(=O)[C@H](C)NC1CSC1. The van der Waals surface area contributed by atoms with Gasteiger partial charge in [0.25, 0.3) is 0 Å². The second kappa shape index (κ2) is 3.97. The topological polar surface area (TPSA) is 38.3 Å². The zero-order chi connectivity index (χ0) is 8.27. The van der Waals surface area contributed by atoms with Crippen LogP contribution < -0.4 is 5.32 Å². The predicted octanol–water partition coefficient (Wildman–Crippen LogP) is 0.253. The lowest BCUT2D eigenvalue weighted by atomic mass is 10.3. The first-order chi connectivity index (χ1) is 5.24. The molecule has 1 aliphatic heterocycles. The molecule has 3 nitrogen and oxygen atoms in total. The van der Waals surface area contributed by atoms with Crippen molar-refractivity contribution in [1.29, 1.82) is 0 Å². The molecule has 1 rings (SSSR count). The van der Waals surface area contributed by atoms with E-state index in [1.54, 1.807) is 0 Å². The Labute approximate surface area is 70.9 Å². The maximum Gasteiger partial charge on any atom is 0.322 e. The van der Waals surface area contributed by atoms with E-state index in [0.717, 1.165) is 11.5 Å². The summed E-state index contributed by atoms with van der Waals surface area (Å²) in [5, 5.41) is 3.17. The molecule has 1 heterocycles. The molecular weight excluding hydrogens is 162 g/mol. The van der Waals surface area contributed by atoms with Crippen LogP contribution in [0.5, 0.6) is 0 Å². The Kier molecular flexibility index (Phi) is 3.20. The highest BCUT2D eigenvalue weighted by molar-refractivity contribution is 8.00. The van der Waals surface area contributed by atoms with Crippen LogP contribution in [0.25, 0.3) is 0 Å². The van der Waals surface area contributed by atoms with Crippen molar-refractivity contribution in [2.24, 2.45) is 0 Å². The average Bonchev–Trinajstić information content (AvgIpc) is 1.94. The Hall–Kier alpha value is -0.220. The molecule has 0 bridgehead atoms. The number of carbonyl (C=O) groups is 1. The van der Waals surface area contributed by atoms with E-state index in [2.05, 4.69) is 10.1 Å². The zero-order valence-electron chi connectivity index (χ0n) is 6.79. The highest BCUT2D eigenvalue weighted by atomic mass is 32.2. The lowest BCUT2D eigenvalue weighted by Crippen LogP contribution is -2.48. The first-order valence-electron chi connectivity index (χ1n) is 3.65. The lowest BCUT2D eigenvalue weighted by molar-refractivity contribution is -0.142. The van der Waals surface area contributed by atoms with Crippen molar-refractivity contribution in [3.8, 4) is 0 Å². The van der Waals surface area contributed by atoms with Gasteiger partial charge in [-0.05, 0) is 6.92 Å². The van der Waals surface area contributed by atoms with E-state index in [0.29, 0.717) is 6.04 Å². The van der Waals surface area contributed by atoms with Crippen LogP contribution in [-0.2, 0) is 9.53 Å². The minimum absolute atomic E-state index is 0.161. The number of hydrogen-bond donors (Lipinski definition) is 1. The maximum absolute atomic E-state index is 10.9. The van der Waals surface area contributed by atoms with Crippen molar-refractivity contribution in [3.05, 3.63) is 0 Å². The predicted molar refractivity (Wildman–Crippen MR) is 45.7 cm³/mol. The molecule has 4 heteroatoms. The molecule has 0 aliphatic carbocycles. The van der Waals surface area contributed by atoms with Crippen LogP contribution in [0.2, 0.25) is 0 Å². The first-order valence-corrected chi connectivity index (χ1v) is 4.81. The van der Waals surface area contributed by atoms with Gasteiger partial charge in [0.2, 0.25) is 0 Å². The van der Waals surface area contributed by atoms with E-state index >= 15 is 0 Å². The third kappa shape index (κ3) is 2.38. The molecule has 1 aliphatic rings. The van der Waals surface area contributed by atoms with Gasteiger partial charge in [0.1, 0.15) is 6.04 Å². The summed E-state index contributed by atoms with van der Waals surface area (Å²) in [6.45, 7) is 1.83. The second-order valence-electron chi connectivity index (χ2n) is 2.65. The van der Waals surface area contributed by atoms with Crippen molar-refractivity contribution in [2.45, 2.75) is 19.0 Å². The standard InChI is InChI=1S/C7H13NO2S/c1-5(7(9)10-2)8-6-3-11-4-6/h5-6,8H,3-4H2,1-2H3/t5-/m0/s1. The number of thioether (sulfide) groups is 1. The van der Waals surface area contributed by atoms with Gasteiger partial charge in [-0.1, -0.05) is 0 Å². The normalized spacial score (nSPS) is 20.5. The quantitative estimate of drug-likeness (QED) is 0.624. The Bertz CT molecular complexity index is 147. The van der Waals surface area contributed by atoms with Gasteiger partial charge >= 0.3 is 5.97 Å². The zero-order valence-corrected chi connectivity index (χ0v) is 7.61. The molecule has 1 atom stereocenters. The van der Waals surface area contributed by atoms with Crippen LogP contribution in [-0.4, -0.2) is 36.7 Å². The number of methoxy groups -OCH3 is 1. The fraction of sp³-hybridized carbons (Fsp3) is 0.857. The number of carbonyl (C=O) groups excluding carboxylic acids is 1. The van der Waals surface area contributed by atoms with Gasteiger partial charge in [-0.15, -0.1) is 0 Å². The molecule has 64 valence electrons. The van der Waals surface area contributed by atoms with Crippen molar-refractivity contribution in [3.63, 3.8) is 0 Å². The summed E-state index contributed by atoms with van der Waals surface area (Å²) < 4.78 is 4.57. The minimum atomic E-state index is -0.179. The van der Waals surface area contributed by atoms with E-state index < -0.39 is 0 Å². The number of esters is 1. The monoisotopic (exact) mass is 175 g/mol. The molecule has 0 aromatic rings. The molecule has 11 heavy (non-hydrogen) atoms. The second-order valence-corrected chi connectivity index (χ2v) is 3.72. The maximum atomic E-state index is 10.9. The van der Waals surface area contributed by atoms with Gasteiger partial charge in [-0.2, -0.15) is 11.8 Å². The van der Waals surface area contributed by atoms with Gasteiger partial charge in [-0.3, -0.25) is 4.79 Å². The number of nitrogens with one attached hydrogen (secondary N) is 1. The highest BCUT2D eigenvalue weighted by Gasteiger charge is 2.22. The third-order valence-corrected chi connectivity index (χ3v) is 2.95. The summed E-state index contributed by atoms with van der Waals surface area (Å²) in [5.74, 6) is 2.05. The summed E-state index contributed by atoms with van der Waals surface area (Å²) in [7, 11) is 1.41. The van der Waals surface area contributed by atoms with Gasteiger partial charge in [0.15, 0.2) is 0 Å².